The lowest BCUT2D eigenvalue weighted by molar-refractivity contribution is 0.216. The molecule has 2 fully saturated rings. The molecule has 3 heteroatoms. The Morgan fingerprint density at radius 1 is 1.28 bits per heavy atom. The van der Waals surface area contributed by atoms with Crippen LogP contribution in [0.5, 0.6) is 0 Å². The van der Waals surface area contributed by atoms with Gasteiger partial charge in [0.25, 0.3) is 0 Å². The Labute approximate surface area is 107 Å². The molecule has 2 aliphatic rings. The topological polar surface area (TPSA) is 43.8 Å². The minimum atomic E-state index is 0.671. The van der Waals surface area contributed by atoms with E-state index in [0.717, 1.165) is 17.1 Å². The van der Waals surface area contributed by atoms with Gasteiger partial charge in [0.05, 0.1) is 11.0 Å². The summed E-state index contributed by atoms with van der Waals surface area (Å²) in [5.41, 5.74) is 9.05. The fourth-order valence-corrected chi connectivity index (χ4v) is 3.22. The highest BCUT2D eigenvalue weighted by Gasteiger charge is 2.35. The van der Waals surface area contributed by atoms with Crippen molar-refractivity contribution < 1.29 is 0 Å². The molecule has 2 aliphatic carbocycles. The third-order valence-corrected chi connectivity index (χ3v) is 4.40. The van der Waals surface area contributed by atoms with E-state index in [2.05, 4.69) is 17.6 Å². The van der Waals surface area contributed by atoms with Crippen LogP contribution in [0, 0.1) is 5.92 Å². The number of aromatic nitrogens is 2. The maximum atomic E-state index is 5.87. The molecule has 0 bridgehead atoms. The Balaban J connectivity index is 1.88. The molecule has 2 saturated carbocycles. The van der Waals surface area contributed by atoms with Crippen molar-refractivity contribution in [2.45, 2.75) is 44.6 Å². The van der Waals surface area contributed by atoms with Crippen LogP contribution in [0.2, 0.25) is 0 Å². The summed E-state index contributed by atoms with van der Waals surface area (Å²) < 4.78 is 2.51. The van der Waals surface area contributed by atoms with E-state index in [9.17, 15) is 0 Å². The number of imidazole rings is 1. The standard InChI is InChI=1S/C15H19N3/c1-9-6-12(7-9)18-14-5-4-11(16)8-13(14)17-15(18)10-2-3-10/h4-5,8-10,12H,2-3,6-7,16H2,1H3. The maximum absolute atomic E-state index is 5.87. The highest BCUT2D eigenvalue weighted by molar-refractivity contribution is 5.80. The second kappa shape index (κ2) is 3.50. The van der Waals surface area contributed by atoms with Crippen molar-refractivity contribution in [3.8, 4) is 0 Å². The van der Waals surface area contributed by atoms with E-state index in [1.165, 1.54) is 37.0 Å². The van der Waals surface area contributed by atoms with Crippen LogP contribution in [-0.4, -0.2) is 9.55 Å². The Morgan fingerprint density at radius 3 is 2.72 bits per heavy atom. The Kier molecular flexibility index (Phi) is 2.02. The van der Waals surface area contributed by atoms with Crippen LogP contribution in [-0.2, 0) is 0 Å². The molecule has 0 atom stereocenters. The van der Waals surface area contributed by atoms with Gasteiger partial charge >= 0.3 is 0 Å². The number of nitrogens with zero attached hydrogens (tertiary/aromatic N) is 2. The number of anilines is 1. The van der Waals surface area contributed by atoms with Crippen LogP contribution in [0.15, 0.2) is 18.2 Å². The molecule has 0 aliphatic heterocycles. The maximum Gasteiger partial charge on any atom is 0.113 e. The number of benzene rings is 1. The van der Waals surface area contributed by atoms with Crippen molar-refractivity contribution in [3.63, 3.8) is 0 Å². The van der Waals surface area contributed by atoms with Crippen molar-refractivity contribution in [1.82, 2.24) is 9.55 Å². The molecule has 0 saturated heterocycles. The summed E-state index contributed by atoms with van der Waals surface area (Å²) in [6, 6.07) is 6.83. The van der Waals surface area contributed by atoms with Crippen molar-refractivity contribution in [3.05, 3.63) is 24.0 Å². The quantitative estimate of drug-likeness (QED) is 0.818. The SMILES string of the molecule is CC1CC(n2c(C3CC3)nc3cc(N)ccc32)C1. The van der Waals surface area contributed by atoms with Gasteiger partial charge in [-0.25, -0.2) is 4.98 Å². The Hall–Kier alpha value is -1.51. The van der Waals surface area contributed by atoms with Crippen molar-refractivity contribution in [1.29, 1.82) is 0 Å². The zero-order valence-corrected chi connectivity index (χ0v) is 10.8. The van der Waals surface area contributed by atoms with Crippen molar-refractivity contribution in [2.24, 2.45) is 5.92 Å². The summed E-state index contributed by atoms with van der Waals surface area (Å²) in [6.45, 7) is 2.34. The highest BCUT2D eigenvalue weighted by Crippen LogP contribution is 2.46. The summed E-state index contributed by atoms with van der Waals surface area (Å²) in [5.74, 6) is 2.88. The molecule has 1 aromatic carbocycles. The van der Waals surface area contributed by atoms with E-state index in [1.54, 1.807) is 0 Å². The van der Waals surface area contributed by atoms with Gasteiger partial charge in [0.15, 0.2) is 0 Å². The molecule has 0 radical (unpaired) electrons. The fraction of sp³-hybridized carbons (Fsp3) is 0.533. The van der Waals surface area contributed by atoms with Gasteiger partial charge in [0.2, 0.25) is 0 Å². The van der Waals surface area contributed by atoms with Crippen molar-refractivity contribution >= 4 is 16.7 Å². The van der Waals surface area contributed by atoms with E-state index in [4.69, 9.17) is 10.7 Å². The third-order valence-electron chi connectivity index (χ3n) is 4.40. The first kappa shape index (κ1) is 10.4. The summed E-state index contributed by atoms with van der Waals surface area (Å²) in [6.07, 6.45) is 5.22. The summed E-state index contributed by atoms with van der Waals surface area (Å²) >= 11 is 0. The third kappa shape index (κ3) is 1.46. The Bertz CT molecular complexity index is 603. The molecule has 3 nitrogen and oxygen atoms in total. The summed E-state index contributed by atoms with van der Waals surface area (Å²) in [7, 11) is 0. The minimum Gasteiger partial charge on any atom is -0.399 e. The lowest BCUT2D eigenvalue weighted by Gasteiger charge is -2.35. The van der Waals surface area contributed by atoms with Crippen LogP contribution in [0.4, 0.5) is 5.69 Å². The molecule has 2 N–H and O–H groups in total. The van der Waals surface area contributed by atoms with Gasteiger partial charge < -0.3 is 10.3 Å². The van der Waals surface area contributed by atoms with Crippen LogP contribution < -0.4 is 5.73 Å². The molecular weight excluding hydrogens is 222 g/mol. The van der Waals surface area contributed by atoms with Gasteiger partial charge in [-0.15, -0.1) is 0 Å². The van der Waals surface area contributed by atoms with E-state index in [0.29, 0.717) is 12.0 Å². The van der Waals surface area contributed by atoms with Gasteiger partial charge in [-0.2, -0.15) is 0 Å². The molecule has 0 spiro atoms. The summed E-state index contributed by atoms with van der Waals surface area (Å²) in [5, 5.41) is 0. The predicted molar refractivity (Wildman–Crippen MR) is 73.6 cm³/mol. The summed E-state index contributed by atoms with van der Waals surface area (Å²) in [4.78, 5) is 4.85. The number of fused-ring (bicyclic) bond motifs is 1. The smallest absolute Gasteiger partial charge is 0.113 e. The molecule has 4 rings (SSSR count). The van der Waals surface area contributed by atoms with Gasteiger partial charge in [0.1, 0.15) is 5.82 Å². The lowest BCUT2D eigenvalue weighted by atomic mass is 9.81. The number of hydrogen-bond acceptors (Lipinski definition) is 2. The van der Waals surface area contributed by atoms with Crippen molar-refractivity contribution in [2.75, 3.05) is 5.73 Å². The monoisotopic (exact) mass is 241 g/mol. The van der Waals surface area contributed by atoms with Crippen LogP contribution >= 0.6 is 0 Å². The molecule has 0 unspecified atom stereocenters. The van der Waals surface area contributed by atoms with E-state index in [-0.39, 0.29) is 0 Å². The molecule has 1 aromatic heterocycles. The average Bonchev–Trinajstić information content (AvgIpc) is 3.07. The first-order chi connectivity index (χ1) is 8.72. The number of rotatable bonds is 2. The first-order valence-electron chi connectivity index (χ1n) is 6.99. The average molecular weight is 241 g/mol. The van der Waals surface area contributed by atoms with Crippen LogP contribution in [0.3, 0.4) is 0 Å². The predicted octanol–water partition coefficient (Wildman–Crippen LogP) is 3.47. The molecule has 0 amide bonds. The molecule has 2 aromatic rings. The second-order valence-electron chi connectivity index (χ2n) is 6.09. The zero-order valence-electron chi connectivity index (χ0n) is 10.8. The fourth-order valence-electron chi connectivity index (χ4n) is 3.22. The highest BCUT2D eigenvalue weighted by atomic mass is 15.1. The van der Waals surface area contributed by atoms with Gasteiger partial charge in [0, 0.05) is 17.6 Å². The largest absolute Gasteiger partial charge is 0.399 e. The lowest BCUT2D eigenvalue weighted by Crippen LogP contribution is -2.25. The number of nitrogens with two attached hydrogens (primary N) is 1. The number of hydrogen-bond donors (Lipinski definition) is 1. The van der Waals surface area contributed by atoms with E-state index >= 15 is 0 Å². The molecular formula is C15H19N3. The normalized spacial score (nSPS) is 27.4. The second-order valence-corrected chi connectivity index (χ2v) is 6.09. The zero-order chi connectivity index (χ0) is 12.3. The minimum absolute atomic E-state index is 0.671. The molecule has 18 heavy (non-hydrogen) atoms. The van der Waals surface area contributed by atoms with Gasteiger partial charge in [-0.1, -0.05) is 6.92 Å². The molecule has 94 valence electrons. The van der Waals surface area contributed by atoms with E-state index < -0.39 is 0 Å². The van der Waals surface area contributed by atoms with E-state index in [1.807, 2.05) is 12.1 Å². The van der Waals surface area contributed by atoms with Crippen LogP contribution in [0.1, 0.15) is 50.4 Å². The Morgan fingerprint density at radius 2 is 2.06 bits per heavy atom. The number of nitrogen functional groups attached to an aromatic ring is 1. The van der Waals surface area contributed by atoms with Gasteiger partial charge in [-0.05, 0) is 49.8 Å². The molecule has 1 heterocycles. The van der Waals surface area contributed by atoms with Crippen LogP contribution in [0.25, 0.3) is 11.0 Å². The van der Waals surface area contributed by atoms with Gasteiger partial charge in [-0.3, -0.25) is 0 Å². The first-order valence-corrected chi connectivity index (χ1v) is 6.99.